The molecule has 0 saturated carbocycles. The van der Waals surface area contributed by atoms with Gasteiger partial charge in [0.05, 0.1) is 14.2 Å². The van der Waals surface area contributed by atoms with Gasteiger partial charge in [0, 0.05) is 11.5 Å². The van der Waals surface area contributed by atoms with Gasteiger partial charge < -0.3 is 9.47 Å². The van der Waals surface area contributed by atoms with Crippen molar-refractivity contribution in [2.75, 3.05) is 14.2 Å². The average molecular weight is 234 g/mol. The standard InChI is InChI=1S/C14H18O3/c1-8-5-10-6-12(16-3)13(17-4)7-11(10)14(15)9(8)2/h6-9H,5H2,1-4H3/t8-,9+/m1/s1. The fourth-order valence-electron chi connectivity index (χ4n) is 2.35. The molecule has 92 valence electrons. The maximum absolute atomic E-state index is 12.2. The van der Waals surface area contributed by atoms with Gasteiger partial charge in [-0.05, 0) is 30.0 Å². The van der Waals surface area contributed by atoms with Crippen molar-refractivity contribution in [3.8, 4) is 11.5 Å². The number of benzene rings is 1. The molecular weight excluding hydrogens is 216 g/mol. The van der Waals surface area contributed by atoms with Gasteiger partial charge in [-0.15, -0.1) is 0 Å². The summed E-state index contributed by atoms with van der Waals surface area (Å²) in [5, 5.41) is 0. The highest BCUT2D eigenvalue weighted by Crippen LogP contribution is 2.37. The predicted molar refractivity (Wildman–Crippen MR) is 65.9 cm³/mol. The fraction of sp³-hybridized carbons (Fsp3) is 0.500. The summed E-state index contributed by atoms with van der Waals surface area (Å²) in [7, 11) is 3.20. The van der Waals surface area contributed by atoms with Gasteiger partial charge >= 0.3 is 0 Å². The Bertz CT molecular complexity index is 451. The number of hydrogen-bond donors (Lipinski definition) is 0. The molecule has 0 saturated heterocycles. The number of ether oxygens (including phenoxy) is 2. The van der Waals surface area contributed by atoms with Crippen LogP contribution >= 0.6 is 0 Å². The van der Waals surface area contributed by atoms with Crippen molar-refractivity contribution in [3.63, 3.8) is 0 Å². The Morgan fingerprint density at radius 3 is 2.29 bits per heavy atom. The summed E-state index contributed by atoms with van der Waals surface area (Å²) >= 11 is 0. The number of Topliss-reactive ketones (excluding diaryl/α,β-unsaturated/α-hetero) is 1. The zero-order valence-electron chi connectivity index (χ0n) is 10.7. The average Bonchev–Trinajstić information content (AvgIpc) is 2.34. The van der Waals surface area contributed by atoms with Crippen LogP contribution in [0.3, 0.4) is 0 Å². The number of methoxy groups -OCH3 is 2. The van der Waals surface area contributed by atoms with Crippen LogP contribution in [-0.4, -0.2) is 20.0 Å². The molecule has 17 heavy (non-hydrogen) atoms. The molecule has 0 spiro atoms. The van der Waals surface area contributed by atoms with E-state index in [4.69, 9.17) is 9.47 Å². The summed E-state index contributed by atoms with van der Waals surface area (Å²) in [5.41, 5.74) is 1.85. The molecule has 0 heterocycles. The zero-order valence-corrected chi connectivity index (χ0v) is 10.7. The van der Waals surface area contributed by atoms with Crippen LogP contribution in [-0.2, 0) is 6.42 Å². The monoisotopic (exact) mass is 234 g/mol. The molecule has 0 unspecified atom stereocenters. The molecule has 2 rings (SSSR count). The Kier molecular flexibility index (Phi) is 3.09. The van der Waals surface area contributed by atoms with E-state index in [1.165, 1.54) is 0 Å². The molecule has 0 amide bonds. The molecule has 0 fully saturated rings. The van der Waals surface area contributed by atoms with E-state index >= 15 is 0 Å². The van der Waals surface area contributed by atoms with E-state index in [9.17, 15) is 4.79 Å². The predicted octanol–water partition coefficient (Wildman–Crippen LogP) is 2.71. The van der Waals surface area contributed by atoms with E-state index in [-0.39, 0.29) is 11.7 Å². The third-order valence-electron chi connectivity index (χ3n) is 3.68. The maximum atomic E-state index is 12.2. The Balaban J connectivity index is 2.54. The van der Waals surface area contributed by atoms with Gasteiger partial charge in [0.15, 0.2) is 17.3 Å². The maximum Gasteiger partial charge on any atom is 0.166 e. The van der Waals surface area contributed by atoms with Crippen LogP contribution in [0.15, 0.2) is 12.1 Å². The molecular formula is C14H18O3. The van der Waals surface area contributed by atoms with Crippen molar-refractivity contribution in [3.05, 3.63) is 23.3 Å². The lowest BCUT2D eigenvalue weighted by atomic mass is 9.77. The van der Waals surface area contributed by atoms with Crippen molar-refractivity contribution in [1.82, 2.24) is 0 Å². The van der Waals surface area contributed by atoms with Crippen LogP contribution in [0.2, 0.25) is 0 Å². The summed E-state index contributed by atoms with van der Waals surface area (Å²) in [6, 6.07) is 3.73. The summed E-state index contributed by atoms with van der Waals surface area (Å²) in [5.74, 6) is 2.00. The molecule has 0 N–H and O–H groups in total. The van der Waals surface area contributed by atoms with Crippen LogP contribution < -0.4 is 9.47 Å². The summed E-state index contributed by atoms with van der Waals surface area (Å²) in [6.45, 7) is 4.11. The highest BCUT2D eigenvalue weighted by Gasteiger charge is 2.30. The van der Waals surface area contributed by atoms with Gasteiger partial charge in [0.1, 0.15) is 0 Å². The normalized spacial score (nSPS) is 23.2. The van der Waals surface area contributed by atoms with Gasteiger partial charge in [-0.2, -0.15) is 0 Å². The van der Waals surface area contributed by atoms with Crippen molar-refractivity contribution < 1.29 is 14.3 Å². The summed E-state index contributed by atoms with van der Waals surface area (Å²) in [4.78, 5) is 12.2. The number of rotatable bonds is 2. The lowest BCUT2D eigenvalue weighted by Gasteiger charge is -2.27. The molecule has 0 aliphatic heterocycles. The summed E-state index contributed by atoms with van der Waals surface area (Å²) < 4.78 is 10.5. The quantitative estimate of drug-likeness (QED) is 0.789. The van der Waals surface area contributed by atoms with Crippen LogP contribution in [0.1, 0.15) is 29.8 Å². The Hall–Kier alpha value is -1.51. The van der Waals surface area contributed by atoms with E-state index in [1.54, 1.807) is 20.3 Å². The molecule has 3 nitrogen and oxygen atoms in total. The van der Waals surface area contributed by atoms with E-state index in [0.29, 0.717) is 17.4 Å². The highest BCUT2D eigenvalue weighted by molar-refractivity contribution is 6.00. The van der Waals surface area contributed by atoms with E-state index in [2.05, 4.69) is 6.92 Å². The molecule has 0 bridgehead atoms. The second kappa shape index (κ2) is 4.40. The molecule has 1 aromatic rings. The van der Waals surface area contributed by atoms with Crippen molar-refractivity contribution >= 4 is 5.78 Å². The molecule has 0 aromatic heterocycles. The molecule has 1 aliphatic carbocycles. The number of carbonyl (C=O) groups is 1. The first-order chi connectivity index (χ1) is 8.08. The van der Waals surface area contributed by atoms with Crippen LogP contribution in [0, 0.1) is 11.8 Å². The Labute approximate surface area is 102 Å². The Morgan fingerprint density at radius 1 is 1.12 bits per heavy atom. The lowest BCUT2D eigenvalue weighted by molar-refractivity contribution is 0.0876. The van der Waals surface area contributed by atoms with Gasteiger partial charge in [0.2, 0.25) is 0 Å². The summed E-state index contributed by atoms with van der Waals surface area (Å²) in [6.07, 6.45) is 0.919. The first-order valence-electron chi connectivity index (χ1n) is 5.87. The first kappa shape index (κ1) is 12.0. The topological polar surface area (TPSA) is 35.5 Å². The van der Waals surface area contributed by atoms with Gasteiger partial charge in [0.25, 0.3) is 0 Å². The van der Waals surface area contributed by atoms with Crippen molar-refractivity contribution in [2.24, 2.45) is 11.8 Å². The minimum atomic E-state index is 0.0839. The second-order valence-electron chi connectivity index (χ2n) is 4.70. The number of ketones is 1. The molecule has 3 heteroatoms. The fourth-order valence-corrected chi connectivity index (χ4v) is 2.35. The SMILES string of the molecule is COc1cc2c(cc1OC)C(=O)[C@@H](C)[C@H](C)C2. The van der Waals surface area contributed by atoms with Crippen molar-refractivity contribution in [1.29, 1.82) is 0 Å². The smallest absolute Gasteiger partial charge is 0.166 e. The minimum absolute atomic E-state index is 0.0839. The highest BCUT2D eigenvalue weighted by atomic mass is 16.5. The van der Waals surface area contributed by atoms with Gasteiger partial charge in [-0.1, -0.05) is 13.8 Å². The largest absolute Gasteiger partial charge is 0.493 e. The van der Waals surface area contributed by atoms with Crippen molar-refractivity contribution in [2.45, 2.75) is 20.3 Å². The number of fused-ring (bicyclic) bond motifs is 1. The minimum Gasteiger partial charge on any atom is -0.493 e. The van der Waals surface area contributed by atoms with Crippen LogP contribution in [0.5, 0.6) is 11.5 Å². The molecule has 1 aromatic carbocycles. The molecule has 1 aliphatic rings. The zero-order chi connectivity index (χ0) is 12.6. The van der Waals surface area contributed by atoms with Crippen LogP contribution in [0.25, 0.3) is 0 Å². The van der Waals surface area contributed by atoms with E-state index < -0.39 is 0 Å². The van der Waals surface area contributed by atoms with Gasteiger partial charge in [-0.3, -0.25) is 4.79 Å². The van der Waals surface area contributed by atoms with Crippen LogP contribution in [0.4, 0.5) is 0 Å². The third-order valence-corrected chi connectivity index (χ3v) is 3.68. The number of hydrogen-bond acceptors (Lipinski definition) is 3. The molecule has 2 atom stereocenters. The number of carbonyl (C=O) groups excluding carboxylic acids is 1. The van der Waals surface area contributed by atoms with E-state index in [0.717, 1.165) is 17.5 Å². The van der Waals surface area contributed by atoms with Gasteiger partial charge in [-0.25, -0.2) is 0 Å². The van der Waals surface area contributed by atoms with E-state index in [1.807, 2.05) is 13.0 Å². The lowest BCUT2D eigenvalue weighted by Crippen LogP contribution is -2.27. The Morgan fingerprint density at radius 2 is 1.71 bits per heavy atom. The first-order valence-corrected chi connectivity index (χ1v) is 5.87. The second-order valence-corrected chi connectivity index (χ2v) is 4.70. The third kappa shape index (κ3) is 1.90. The molecule has 0 radical (unpaired) electrons.